The molecule has 0 spiro atoms. The van der Waals surface area contributed by atoms with E-state index in [1.807, 2.05) is 42.2 Å². The smallest absolute Gasteiger partial charge is 0.227 e. The fourth-order valence-corrected chi connectivity index (χ4v) is 3.07. The van der Waals surface area contributed by atoms with Crippen molar-refractivity contribution in [1.82, 2.24) is 4.90 Å². The Labute approximate surface area is 128 Å². The molecule has 2 N–H and O–H groups in total. The standard InChI is InChI=1S/C18H28N2O/c1-13(16(19)14-8-6-5-7-9-14)17(21)20-11-10-15(12-20)18(2,3)4/h5-9,13,15-16H,10-12,19H2,1-4H3. The van der Waals surface area contributed by atoms with Gasteiger partial charge in [-0.25, -0.2) is 0 Å². The number of benzene rings is 1. The van der Waals surface area contributed by atoms with E-state index in [0.29, 0.717) is 5.92 Å². The van der Waals surface area contributed by atoms with Gasteiger partial charge in [-0.1, -0.05) is 58.0 Å². The number of likely N-dealkylation sites (tertiary alicyclic amines) is 1. The van der Waals surface area contributed by atoms with E-state index in [0.717, 1.165) is 25.1 Å². The van der Waals surface area contributed by atoms with Gasteiger partial charge in [0.25, 0.3) is 0 Å². The first kappa shape index (κ1) is 16.0. The van der Waals surface area contributed by atoms with Crippen molar-refractivity contribution in [1.29, 1.82) is 0 Å². The number of hydrogen-bond donors (Lipinski definition) is 1. The lowest BCUT2D eigenvalue weighted by atomic mass is 9.80. The Hall–Kier alpha value is -1.35. The van der Waals surface area contributed by atoms with E-state index >= 15 is 0 Å². The van der Waals surface area contributed by atoms with Crippen molar-refractivity contribution in [3.63, 3.8) is 0 Å². The molecule has 1 saturated heterocycles. The minimum absolute atomic E-state index is 0.175. The van der Waals surface area contributed by atoms with E-state index in [2.05, 4.69) is 20.8 Å². The zero-order chi connectivity index (χ0) is 15.6. The summed E-state index contributed by atoms with van der Waals surface area (Å²) in [5, 5.41) is 0. The molecule has 3 atom stereocenters. The minimum atomic E-state index is -0.229. The maximum absolute atomic E-state index is 12.7. The molecule has 1 aromatic rings. The van der Waals surface area contributed by atoms with Crippen LogP contribution in [0.1, 0.15) is 45.7 Å². The second-order valence-electron chi connectivity index (χ2n) is 7.36. The SMILES string of the molecule is CC(C(=O)N1CCC(C(C)(C)C)C1)C(N)c1ccccc1. The summed E-state index contributed by atoms with van der Waals surface area (Å²) < 4.78 is 0. The van der Waals surface area contributed by atoms with Crippen LogP contribution in [-0.4, -0.2) is 23.9 Å². The number of hydrogen-bond acceptors (Lipinski definition) is 2. The molecule has 1 fully saturated rings. The van der Waals surface area contributed by atoms with Crippen molar-refractivity contribution in [2.45, 2.75) is 40.2 Å². The molecule has 1 aromatic carbocycles. The maximum atomic E-state index is 12.7. The molecule has 0 aromatic heterocycles. The van der Waals surface area contributed by atoms with Crippen LogP contribution >= 0.6 is 0 Å². The molecule has 0 bridgehead atoms. The zero-order valence-corrected chi connectivity index (χ0v) is 13.7. The van der Waals surface area contributed by atoms with Gasteiger partial charge in [0.05, 0.1) is 5.92 Å². The number of nitrogens with two attached hydrogens (primary N) is 1. The largest absolute Gasteiger partial charge is 0.342 e. The van der Waals surface area contributed by atoms with Crippen molar-refractivity contribution < 1.29 is 4.79 Å². The summed E-state index contributed by atoms with van der Waals surface area (Å²) in [5.41, 5.74) is 7.58. The molecule has 3 heteroatoms. The summed E-state index contributed by atoms with van der Waals surface area (Å²) in [7, 11) is 0. The van der Waals surface area contributed by atoms with Crippen LogP contribution in [0.4, 0.5) is 0 Å². The van der Waals surface area contributed by atoms with Crippen LogP contribution in [0.2, 0.25) is 0 Å². The van der Waals surface area contributed by atoms with Crippen molar-refractivity contribution in [3.05, 3.63) is 35.9 Å². The van der Waals surface area contributed by atoms with E-state index in [-0.39, 0.29) is 23.3 Å². The molecule has 0 aliphatic carbocycles. The lowest BCUT2D eigenvalue weighted by molar-refractivity contribution is -0.134. The summed E-state index contributed by atoms with van der Waals surface area (Å²) in [5.74, 6) is 0.603. The Morgan fingerprint density at radius 3 is 2.43 bits per heavy atom. The Morgan fingerprint density at radius 1 is 1.29 bits per heavy atom. The molecule has 116 valence electrons. The maximum Gasteiger partial charge on any atom is 0.227 e. The number of carbonyl (C=O) groups is 1. The van der Waals surface area contributed by atoms with E-state index in [1.165, 1.54) is 0 Å². The minimum Gasteiger partial charge on any atom is -0.342 e. The van der Waals surface area contributed by atoms with Gasteiger partial charge in [0.1, 0.15) is 0 Å². The van der Waals surface area contributed by atoms with Gasteiger partial charge in [-0.2, -0.15) is 0 Å². The molecular formula is C18H28N2O. The van der Waals surface area contributed by atoms with Crippen LogP contribution in [0.5, 0.6) is 0 Å². The highest BCUT2D eigenvalue weighted by Gasteiger charge is 2.36. The number of rotatable bonds is 3. The predicted octanol–water partition coefficient (Wildman–Crippen LogP) is 3.22. The molecule has 1 aliphatic rings. The van der Waals surface area contributed by atoms with E-state index in [4.69, 9.17) is 5.73 Å². The summed E-state index contributed by atoms with van der Waals surface area (Å²) in [6.45, 7) is 10.4. The third kappa shape index (κ3) is 3.65. The lowest BCUT2D eigenvalue weighted by Gasteiger charge is -2.29. The lowest BCUT2D eigenvalue weighted by Crippen LogP contribution is -2.38. The van der Waals surface area contributed by atoms with Crippen LogP contribution in [0.15, 0.2) is 30.3 Å². The van der Waals surface area contributed by atoms with Gasteiger partial charge in [0.15, 0.2) is 0 Å². The normalized spacial score (nSPS) is 22.1. The number of carbonyl (C=O) groups excluding carboxylic acids is 1. The van der Waals surface area contributed by atoms with Crippen LogP contribution in [0.3, 0.4) is 0 Å². The van der Waals surface area contributed by atoms with Crippen molar-refractivity contribution >= 4 is 5.91 Å². The van der Waals surface area contributed by atoms with Crippen molar-refractivity contribution in [2.75, 3.05) is 13.1 Å². The molecule has 0 radical (unpaired) electrons. The van der Waals surface area contributed by atoms with Crippen LogP contribution in [-0.2, 0) is 4.79 Å². The second-order valence-corrected chi connectivity index (χ2v) is 7.36. The van der Waals surface area contributed by atoms with Gasteiger partial charge in [0.2, 0.25) is 5.91 Å². The molecule has 3 nitrogen and oxygen atoms in total. The average molecular weight is 288 g/mol. The van der Waals surface area contributed by atoms with Gasteiger partial charge in [-0.3, -0.25) is 4.79 Å². The van der Waals surface area contributed by atoms with Gasteiger partial charge >= 0.3 is 0 Å². The van der Waals surface area contributed by atoms with E-state index in [1.54, 1.807) is 0 Å². The van der Waals surface area contributed by atoms with Crippen LogP contribution < -0.4 is 5.73 Å². The van der Waals surface area contributed by atoms with E-state index < -0.39 is 0 Å². The highest BCUT2D eigenvalue weighted by atomic mass is 16.2. The first-order valence-electron chi connectivity index (χ1n) is 7.90. The fourth-order valence-electron chi connectivity index (χ4n) is 3.07. The van der Waals surface area contributed by atoms with Gasteiger partial charge in [-0.05, 0) is 23.3 Å². The quantitative estimate of drug-likeness (QED) is 0.928. The van der Waals surface area contributed by atoms with Crippen molar-refractivity contribution in [3.8, 4) is 0 Å². The molecule has 1 aliphatic heterocycles. The average Bonchev–Trinajstić information content (AvgIpc) is 2.95. The molecular weight excluding hydrogens is 260 g/mol. The Morgan fingerprint density at radius 2 is 1.90 bits per heavy atom. The Bertz CT molecular complexity index is 478. The molecule has 2 rings (SSSR count). The molecule has 21 heavy (non-hydrogen) atoms. The first-order chi connectivity index (χ1) is 9.80. The summed E-state index contributed by atoms with van der Waals surface area (Å²) in [6.07, 6.45) is 1.10. The third-order valence-corrected chi connectivity index (χ3v) is 4.84. The van der Waals surface area contributed by atoms with E-state index in [9.17, 15) is 4.79 Å². The molecule has 1 heterocycles. The van der Waals surface area contributed by atoms with Gasteiger partial charge in [-0.15, -0.1) is 0 Å². The molecule has 0 saturated carbocycles. The Kier molecular flexibility index (Phi) is 4.72. The highest BCUT2D eigenvalue weighted by molar-refractivity contribution is 5.79. The van der Waals surface area contributed by atoms with Crippen LogP contribution in [0.25, 0.3) is 0 Å². The summed E-state index contributed by atoms with van der Waals surface area (Å²) >= 11 is 0. The fraction of sp³-hybridized carbons (Fsp3) is 0.611. The summed E-state index contributed by atoms with van der Waals surface area (Å²) in [6, 6.07) is 9.67. The number of nitrogens with zero attached hydrogens (tertiary/aromatic N) is 1. The number of amides is 1. The Balaban J connectivity index is 2.01. The van der Waals surface area contributed by atoms with Gasteiger partial charge in [0, 0.05) is 19.1 Å². The monoisotopic (exact) mass is 288 g/mol. The molecule has 1 amide bonds. The van der Waals surface area contributed by atoms with Gasteiger partial charge < -0.3 is 10.6 Å². The predicted molar refractivity (Wildman–Crippen MR) is 86.7 cm³/mol. The zero-order valence-electron chi connectivity index (χ0n) is 13.7. The second kappa shape index (κ2) is 6.18. The van der Waals surface area contributed by atoms with Crippen molar-refractivity contribution in [2.24, 2.45) is 23.0 Å². The highest BCUT2D eigenvalue weighted by Crippen LogP contribution is 2.34. The topological polar surface area (TPSA) is 46.3 Å². The summed E-state index contributed by atoms with van der Waals surface area (Å²) in [4.78, 5) is 14.7. The van der Waals surface area contributed by atoms with Crippen LogP contribution in [0, 0.1) is 17.3 Å². The third-order valence-electron chi connectivity index (χ3n) is 4.84. The first-order valence-corrected chi connectivity index (χ1v) is 7.90. The molecule has 3 unspecified atom stereocenters.